The van der Waals surface area contributed by atoms with Gasteiger partial charge in [0, 0.05) is 51.5 Å². The molecule has 0 amide bonds. The number of piperidine rings is 1. The smallest absolute Gasteiger partial charge is 0.215 e. The number of halogens is 1. The van der Waals surface area contributed by atoms with Crippen LogP contribution < -0.4 is 15.5 Å². The molecule has 1 aromatic carbocycles. The standard InChI is InChI=1S/C20H34FN5O2S/c1-5-26(6-2)29(27,28)13-11-23-20(22-4)24-18-8-7-12-25(15-18)19-10-9-17(21)14-16(19)3/h9-10,14,18H,5-8,11-13,15H2,1-4H3,(H2,22,23,24). The van der Waals surface area contributed by atoms with Crippen molar-refractivity contribution < 1.29 is 12.8 Å². The van der Waals surface area contributed by atoms with E-state index in [1.54, 1.807) is 13.1 Å². The zero-order valence-corrected chi connectivity index (χ0v) is 18.7. The van der Waals surface area contributed by atoms with Crippen LogP contribution in [0.2, 0.25) is 0 Å². The van der Waals surface area contributed by atoms with E-state index in [0.29, 0.717) is 25.6 Å². The van der Waals surface area contributed by atoms with E-state index >= 15 is 0 Å². The van der Waals surface area contributed by atoms with Gasteiger partial charge in [0.05, 0.1) is 5.75 Å². The number of hydrogen-bond acceptors (Lipinski definition) is 4. The van der Waals surface area contributed by atoms with Crippen molar-refractivity contribution in [1.82, 2.24) is 14.9 Å². The van der Waals surface area contributed by atoms with E-state index in [1.807, 2.05) is 26.8 Å². The van der Waals surface area contributed by atoms with Crippen LogP contribution in [0, 0.1) is 12.7 Å². The number of aryl methyl sites for hydroxylation is 1. The van der Waals surface area contributed by atoms with Crippen molar-refractivity contribution in [3.05, 3.63) is 29.6 Å². The van der Waals surface area contributed by atoms with Crippen molar-refractivity contribution in [3.8, 4) is 0 Å². The Kier molecular flexibility index (Phi) is 8.70. The second-order valence-corrected chi connectivity index (χ2v) is 9.35. The fraction of sp³-hybridized carbons (Fsp3) is 0.650. The SMILES string of the molecule is CCN(CC)S(=O)(=O)CCNC(=NC)NC1CCCN(c2ccc(F)cc2C)C1. The van der Waals surface area contributed by atoms with Crippen LogP contribution in [0.5, 0.6) is 0 Å². The van der Waals surface area contributed by atoms with E-state index in [2.05, 4.69) is 20.5 Å². The molecular formula is C20H34FN5O2S. The topological polar surface area (TPSA) is 77.0 Å². The monoisotopic (exact) mass is 427 g/mol. The van der Waals surface area contributed by atoms with Crippen LogP contribution in [0.25, 0.3) is 0 Å². The van der Waals surface area contributed by atoms with Gasteiger partial charge in [0.2, 0.25) is 10.0 Å². The summed E-state index contributed by atoms with van der Waals surface area (Å²) >= 11 is 0. The Hall–Kier alpha value is -1.87. The lowest BCUT2D eigenvalue weighted by atomic mass is 10.0. The van der Waals surface area contributed by atoms with E-state index < -0.39 is 10.0 Å². The number of rotatable bonds is 8. The Bertz CT molecular complexity index is 796. The van der Waals surface area contributed by atoms with Crippen LogP contribution in [0.15, 0.2) is 23.2 Å². The number of benzene rings is 1. The number of sulfonamides is 1. The number of nitrogens with one attached hydrogen (secondary N) is 2. The molecule has 1 fully saturated rings. The lowest BCUT2D eigenvalue weighted by molar-refractivity contribution is 0.444. The Morgan fingerprint density at radius 1 is 1.34 bits per heavy atom. The highest BCUT2D eigenvalue weighted by Gasteiger charge is 2.23. The van der Waals surface area contributed by atoms with Crippen LogP contribution in [0.1, 0.15) is 32.3 Å². The number of guanidine groups is 1. The van der Waals surface area contributed by atoms with Crippen molar-refractivity contribution >= 4 is 21.7 Å². The average molecular weight is 428 g/mol. The van der Waals surface area contributed by atoms with Gasteiger partial charge in [-0.2, -0.15) is 0 Å². The maximum absolute atomic E-state index is 13.4. The third kappa shape index (κ3) is 6.57. The van der Waals surface area contributed by atoms with Crippen LogP contribution in [0.4, 0.5) is 10.1 Å². The first-order chi connectivity index (χ1) is 13.8. The minimum atomic E-state index is -3.26. The maximum atomic E-state index is 13.4. The first-order valence-electron chi connectivity index (χ1n) is 10.3. The summed E-state index contributed by atoms with van der Waals surface area (Å²) in [6.45, 7) is 8.57. The van der Waals surface area contributed by atoms with Crippen molar-refractivity contribution in [1.29, 1.82) is 0 Å². The summed E-state index contributed by atoms with van der Waals surface area (Å²) in [5.74, 6) is 0.408. The van der Waals surface area contributed by atoms with Gasteiger partial charge >= 0.3 is 0 Å². The molecular weight excluding hydrogens is 393 g/mol. The van der Waals surface area contributed by atoms with Crippen molar-refractivity contribution in [2.45, 2.75) is 39.7 Å². The molecule has 9 heteroatoms. The van der Waals surface area contributed by atoms with E-state index in [9.17, 15) is 12.8 Å². The molecule has 2 N–H and O–H groups in total. The molecule has 29 heavy (non-hydrogen) atoms. The molecule has 1 atom stereocenters. The number of hydrogen-bond donors (Lipinski definition) is 2. The zero-order valence-electron chi connectivity index (χ0n) is 17.9. The number of aliphatic imine (C=N–C) groups is 1. The molecule has 1 unspecified atom stereocenters. The molecule has 0 spiro atoms. The third-order valence-corrected chi connectivity index (χ3v) is 7.26. The molecule has 1 heterocycles. The van der Waals surface area contributed by atoms with Crippen molar-refractivity contribution in [2.24, 2.45) is 4.99 Å². The summed E-state index contributed by atoms with van der Waals surface area (Å²) in [6.07, 6.45) is 2.01. The lowest BCUT2D eigenvalue weighted by Crippen LogP contribution is -2.52. The van der Waals surface area contributed by atoms with Gasteiger partial charge < -0.3 is 15.5 Å². The van der Waals surface area contributed by atoms with Crippen molar-refractivity contribution in [2.75, 3.05) is 50.4 Å². The molecule has 7 nitrogen and oxygen atoms in total. The van der Waals surface area contributed by atoms with E-state index in [0.717, 1.165) is 37.2 Å². The molecule has 1 aromatic rings. The summed E-state index contributed by atoms with van der Waals surface area (Å²) in [5.41, 5.74) is 1.97. The minimum absolute atomic E-state index is 0.0287. The average Bonchev–Trinajstić information content (AvgIpc) is 2.68. The largest absolute Gasteiger partial charge is 0.369 e. The lowest BCUT2D eigenvalue weighted by Gasteiger charge is -2.36. The van der Waals surface area contributed by atoms with Gasteiger partial charge in [0.15, 0.2) is 5.96 Å². The first-order valence-corrected chi connectivity index (χ1v) is 11.9. The highest BCUT2D eigenvalue weighted by atomic mass is 32.2. The van der Waals surface area contributed by atoms with Gasteiger partial charge in [-0.15, -0.1) is 0 Å². The fourth-order valence-corrected chi connectivity index (χ4v) is 5.12. The summed E-state index contributed by atoms with van der Waals surface area (Å²) in [6, 6.07) is 5.07. The second kappa shape index (κ2) is 10.8. The van der Waals surface area contributed by atoms with E-state index in [-0.39, 0.29) is 17.6 Å². The highest BCUT2D eigenvalue weighted by molar-refractivity contribution is 7.89. The predicted molar refractivity (Wildman–Crippen MR) is 118 cm³/mol. The van der Waals surface area contributed by atoms with Gasteiger partial charge in [-0.1, -0.05) is 13.8 Å². The number of nitrogens with zero attached hydrogens (tertiary/aromatic N) is 3. The molecule has 0 aromatic heterocycles. The van der Waals surface area contributed by atoms with Crippen LogP contribution in [-0.4, -0.2) is 70.2 Å². The molecule has 2 rings (SSSR count). The number of anilines is 1. The Morgan fingerprint density at radius 2 is 2.07 bits per heavy atom. The molecule has 1 aliphatic heterocycles. The van der Waals surface area contributed by atoms with Crippen LogP contribution in [0.3, 0.4) is 0 Å². The zero-order chi connectivity index (χ0) is 21.4. The first kappa shape index (κ1) is 23.4. The van der Waals surface area contributed by atoms with E-state index in [1.165, 1.54) is 10.4 Å². The highest BCUT2D eigenvalue weighted by Crippen LogP contribution is 2.24. The fourth-order valence-electron chi connectivity index (χ4n) is 3.72. The molecule has 0 radical (unpaired) electrons. The quantitative estimate of drug-likeness (QED) is 0.490. The maximum Gasteiger partial charge on any atom is 0.215 e. The van der Waals surface area contributed by atoms with Crippen LogP contribution >= 0.6 is 0 Å². The van der Waals surface area contributed by atoms with Gasteiger partial charge in [-0.05, 0) is 43.5 Å². The van der Waals surface area contributed by atoms with Crippen LogP contribution in [-0.2, 0) is 10.0 Å². The Balaban J connectivity index is 1.90. The van der Waals surface area contributed by atoms with Gasteiger partial charge in [-0.25, -0.2) is 17.1 Å². The molecule has 0 aliphatic carbocycles. The molecule has 0 saturated carbocycles. The van der Waals surface area contributed by atoms with Crippen molar-refractivity contribution in [3.63, 3.8) is 0 Å². The van der Waals surface area contributed by atoms with E-state index in [4.69, 9.17) is 0 Å². The second-order valence-electron chi connectivity index (χ2n) is 7.26. The Morgan fingerprint density at radius 3 is 2.69 bits per heavy atom. The molecule has 1 saturated heterocycles. The summed E-state index contributed by atoms with van der Waals surface area (Å²) in [5, 5.41) is 6.51. The molecule has 164 valence electrons. The molecule has 0 bridgehead atoms. The summed E-state index contributed by atoms with van der Waals surface area (Å²) in [4.78, 5) is 6.49. The molecule has 1 aliphatic rings. The van der Waals surface area contributed by atoms with Gasteiger partial charge in [0.1, 0.15) is 5.82 Å². The Labute approximate surface area is 174 Å². The summed E-state index contributed by atoms with van der Waals surface area (Å²) in [7, 11) is -1.58. The third-order valence-electron chi connectivity index (χ3n) is 5.24. The summed E-state index contributed by atoms with van der Waals surface area (Å²) < 4.78 is 39.5. The normalized spacial score (nSPS) is 18.2. The predicted octanol–water partition coefficient (Wildman–Crippen LogP) is 1.94. The minimum Gasteiger partial charge on any atom is -0.369 e. The van der Waals surface area contributed by atoms with Gasteiger partial charge in [-0.3, -0.25) is 4.99 Å². The van der Waals surface area contributed by atoms with Gasteiger partial charge in [0.25, 0.3) is 0 Å².